The lowest BCUT2D eigenvalue weighted by molar-refractivity contribution is 0.0985. The third-order valence-electron chi connectivity index (χ3n) is 4.58. The number of benzene rings is 1. The molecule has 2 aliphatic rings. The Morgan fingerprint density at radius 1 is 1.32 bits per heavy atom. The number of hydrogen-bond acceptors (Lipinski definition) is 3. The summed E-state index contributed by atoms with van der Waals surface area (Å²) < 4.78 is 0. The van der Waals surface area contributed by atoms with E-state index in [-0.39, 0.29) is 11.5 Å². The van der Waals surface area contributed by atoms with Crippen molar-refractivity contribution in [2.45, 2.75) is 31.7 Å². The van der Waals surface area contributed by atoms with Crippen molar-refractivity contribution in [1.29, 1.82) is 0 Å². The second kappa shape index (κ2) is 4.79. The monoisotopic (exact) mass is 257 g/mol. The van der Waals surface area contributed by atoms with E-state index < -0.39 is 0 Å². The smallest absolute Gasteiger partial charge is 0.160 e. The zero-order valence-electron chi connectivity index (χ0n) is 11.0. The van der Waals surface area contributed by atoms with Crippen molar-refractivity contribution in [2.24, 2.45) is 5.92 Å². The molecule has 1 fully saturated rings. The van der Waals surface area contributed by atoms with Gasteiger partial charge in [0.1, 0.15) is 0 Å². The molecule has 2 atom stereocenters. The molecule has 3 nitrogen and oxygen atoms in total. The normalized spacial score (nSPS) is 26.3. The average Bonchev–Trinajstić information content (AvgIpc) is 2.42. The fourth-order valence-electron chi connectivity index (χ4n) is 3.63. The summed E-state index contributed by atoms with van der Waals surface area (Å²) in [6.07, 6.45) is 9.57. The number of likely N-dealkylation sites (tertiary alicyclic amines) is 1. The molecule has 1 aromatic carbocycles. The lowest BCUT2D eigenvalue weighted by atomic mass is 9.75. The van der Waals surface area contributed by atoms with E-state index in [1.807, 2.05) is 6.07 Å². The van der Waals surface area contributed by atoms with Crippen LogP contribution in [0.4, 0.5) is 0 Å². The molecule has 3 rings (SSSR count). The SMILES string of the molecule is C#CCN1CCC[C@@H]2Cc3c(ccc(O)c3O)C[C@H]21. The third kappa shape index (κ3) is 2.06. The first-order chi connectivity index (χ1) is 9.20. The third-order valence-corrected chi connectivity index (χ3v) is 4.58. The van der Waals surface area contributed by atoms with Crippen LogP contribution >= 0.6 is 0 Å². The molecule has 0 spiro atoms. The predicted octanol–water partition coefficient (Wildman–Crippen LogP) is 1.91. The number of aromatic hydroxyl groups is 2. The molecule has 0 aromatic heterocycles. The molecular weight excluding hydrogens is 238 g/mol. The first-order valence-electron chi connectivity index (χ1n) is 6.91. The molecule has 1 aromatic rings. The zero-order chi connectivity index (χ0) is 13.4. The van der Waals surface area contributed by atoms with Crippen LogP contribution in [0.1, 0.15) is 24.0 Å². The first-order valence-corrected chi connectivity index (χ1v) is 6.91. The summed E-state index contributed by atoms with van der Waals surface area (Å²) in [6.45, 7) is 1.78. The molecule has 0 unspecified atom stereocenters. The summed E-state index contributed by atoms with van der Waals surface area (Å²) in [5, 5.41) is 19.6. The van der Waals surface area contributed by atoms with E-state index in [4.69, 9.17) is 6.42 Å². The number of phenols is 2. The summed E-state index contributed by atoms with van der Waals surface area (Å²) in [7, 11) is 0. The Morgan fingerprint density at radius 2 is 2.16 bits per heavy atom. The average molecular weight is 257 g/mol. The largest absolute Gasteiger partial charge is 0.504 e. The molecule has 2 N–H and O–H groups in total. The van der Waals surface area contributed by atoms with Crippen LogP contribution < -0.4 is 0 Å². The van der Waals surface area contributed by atoms with Crippen LogP contribution in [0.3, 0.4) is 0 Å². The number of nitrogens with zero attached hydrogens (tertiary/aromatic N) is 1. The predicted molar refractivity (Wildman–Crippen MR) is 74.1 cm³/mol. The second-order valence-corrected chi connectivity index (χ2v) is 5.62. The highest BCUT2D eigenvalue weighted by Crippen LogP contribution is 2.41. The van der Waals surface area contributed by atoms with Crippen LogP contribution in [0.5, 0.6) is 11.5 Å². The minimum absolute atomic E-state index is 0.00603. The van der Waals surface area contributed by atoms with Gasteiger partial charge in [-0.25, -0.2) is 0 Å². The van der Waals surface area contributed by atoms with E-state index in [9.17, 15) is 10.2 Å². The highest BCUT2D eigenvalue weighted by atomic mass is 16.3. The molecular formula is C16H19NO2. The van der Waals surface area contributed by atoms with E-state index in [0.29, 0.717) is 18.5 Å². The molecule has 1 aliphatic heterocycles. The van der Waals surface area contributed by atoms with Crippen molar-refractivity contribution in [3.8, 4) is 23.8 Å². The Labute approximate surface area is 113 Å². The van der Waals surface area contributed by atoms with Gasteiger partial charge in [0.25, 0.3) is 0 Å². The molecule has 1 aliphatic carbocycles. The van der Waals surface area contributed by atoms with Gasteiger partial charge in [-0.3, -0.25) is 4.90 Å². The Hall–Kier alpha value is -1.66. The number of terminal acetylenes is 1. The number of rotatable bonds is 1. The van der Waals surface area contributed by atoms with Gasteiger partial charge in [0, 0.05) is 11.6 Å². The van der Waals surface area contributed by atoms with Crippen LogP contribution in [0.15, 0.2) is 12.1 Å². The fraction of sp³-hybridized carbons (Fsp3) is 0.500. The Balaban J connectivity index is 1.93. The summed E-state index contributed by atoms with van der Waals surface area (Å²) in [5.74, 6) is 3.36. The van der Waals surface area contributed by atoms with Crippen LogP contribution in [-0.4, -0.2) is 34.2 Å². The maximum absolute atomic E-state index is 10.0. The molecule has 1 saturated heterocycles. The van der Waals surface area contributed by atoms with Gasteiger partial charge in [-0.2, -0.15) is 0 Å². The molecule has 100 valence electrons. The minimum Gasteiger partial charge on any atom is -0.504 e. The van der Waals surface area contributed by atoms with E-state index in [1.54, 1.807) is 6.07 Å². The van der Waals surface area contributed by atoms with Gasteiger partial charge < -0.3 is 10.2 Å². The molecule has 0 bridgehead atoms. The standard InChI is InChI=1S/C16H19NO2/c1-2-7-17-8-3-4-12-9-13-11(10-14(12)17)5-6-15(18)16(13)19/h1,5-6,12,14,18-19H,3-4,7-10H2/t12-,14-/m1/s1. The number of piperidine rings is 1. The zero-order valence-corrected chi connectivity index (χ0v) is 11.0. The summed E-state index contributed by atoms with van der Waals surface area (Å²) in [5.41, 5.74) is 2.09. The number of fused-ring (bicyclic) bond motifs is 2. The maximum atomic E-state index is 10.0. The molecule has 1 heterocycles. The summed E-state index contributed by atoms with van der Waals surface area (Å²) in [4.78, 5) is 2.39. The number of phenolic OH excluding ortho intramolecular Hbond substituents is 2. The van der Waals surface area contributed by atoms with Crippen molar-refractivity contribution in [2.75, 3.05) is 13.1 Å². The van der Waals surface area contributed by atoms with Crippen molar-refractivity contribution in [1.82, 2.24) is 4.90 Å². The summed E-state index contributed by atoms with van der Waals surface area (Å²) >= 11 is 0. The van der Waals surface area contributed by atoms with Crippen molar-refractivity contribution >= 4 is 0 Å². The van der Waals surface area contributed by atoms with Gasteiger partial charge in [-0.1, -0.05) is 12.0 Å². The van der Waals surface area contributed by atoms with Gasteiger partial charge in [-0.15, -0.1) is 6.42 Å². The van der Waals surface area contributed by atoms with Gasteiger partial charge >= 0.3 is 0 Å². The van der Waals surface area contributed by atoms with Crippen LogP contribution in [0, 0.1) is 18.3 Å². The maximum Gasteiger partial charge on any atom is 0.160 e. The Bertz CT molecular complexity index is 532. The highest BCUT2D eigenvalue weighted by Gasteiger charge is 2.36. The second-order valence-electron chi connectivity index (χ2n) is 5.62. The molecule has 0 saturated carbocycles. The van der Waals surface area contributed by atoms with Gasteiger partial charge in [-0.05, 0) is 49.8 Å². The van der Waals surface area contributed by atoms with Crippen molar-refractivity contribution in [3.63, 3.8) is 0 Å². The lowest BCUT2D eigenvalue weighted by Crippen LogP contribution is -2.49. The molecule has 0 radical (unpaired) electrons. The van der Waals surface area contributed by atoms with E-state index in [2.05, 4.69) is 10.8 Å². The topological polar surface area (TPSA) is 43.7 Å². The summed E-state index contributed by atoms with van der Waals surface area (Å²) in [6, 6.07) is 4.01. The van der Waals surface area contributed by atoms with Gasteiger partial charge in [0.05, 0.1) is 6.54 Å². The molecule has 19 heavy (non-hydrogen) atoms. The van der Waals surface area contributed by atoms with E-state index in [1.165, 1.54) is 6.42 Å². The molecule has 3 heteroatoms. The fourth-order valence-corrected chi connectivity index (χ4v) is 3.63. The van der Waals surface area contributed by atoms with Crippen molar-refractivity contribution in [3.05, 3.63) is 23.3 Å². The quantitative estimate of drug-likeness (QED) is 0.596. The lowest BCUT2D eigenvalue weighted by Gasteiger charge is -2.44. The van der Waals surface area contributed by atoms with Crippen LogP contribution in [-0.2, 0) is 12.8 Å². The van der Waals surface area contributed by atoms with Gasteiger partial charge in [0.2, 0.25) is 0 Å². The number of hydrogen-bond donors (Lipinski definition) is 2. The highest BCUT2D eigenvalue weighted by molar-refractivity contribution is 5.50. The van der Waals surface area contributed by atoms with Crippen LogP contribution in [0.25, 0.3) is 0 Å². The first kappa shape index (κ1) is 12.4. The van der Waals surface area contributed by atoms with Gasteiger partial charge in [0.15, 0.2) is 11.5 Å². The molecule has 0 amide bonds. The minimum atomic E-state index is -0.00603. The van der Waals surface area contributed by atoms with Crippen LogP contribution in [0.2, 0.25) is 0 Å². The van der Waals surface area contributed by atoms with Crippen molar-refractivity contribution < 1.29 is 10.2 Å². The van der Waals surface area contributed by atoms with E-state index in [0.717, 1.165) is 36.9 Å². The Morgan fingerprint density at radius 3 is 2.95 bits per heavy atom. The van der Waals surface area contributed by atoms with E-state index >= 15 is 0 Å². The Kier molecular flexibility index (Phi) is 3.12.